The Labute approximate surface area is 227 Å². The maximum absolute atomic E-state index is 13.9. The number of nitrogens with zero attached hydrogens (tertiary/aromatic N) is 7. The summed E-state index contributed by atoms with van der Waals surface area (Å²) in [5, 5.41) is 35.6. The van der Waals surface area contributed by atoms with Crippen molar-refractivity contribution in [3.8, 4) is 17.3 Å². The summed E-state index contributed by atoms with van der Waals surface area (Å²) in [6.45, 7) is 6.17. The SMILES string of the molecule is Cn1cc(CNC(=O)[C@@H]2C[C@@H](O)CN2C(=O)[C@@H](n2cc(C3CC3)nn2)C(C)(C)C)c(-c2ccc(C#N)cc2)n1. The molecule has 1 aliphatic heterocycles. The van der Waals surface area contributed by atoms with Crippen LogP contribution in [0.4, 0.5) is 0 Å². The number of nitriles is 1. The molecule has 204 valence electrons. The van der Waals surface area contributed by atoms with Crippen molar-refractivity contribution in [2.75, 3.05) is 6.54 Å². The lowest BCUT2D eigenvalue weighted by atomic mass is 9.85. The minimum absolute atomic E-state index is 0.0804. The molecule has 5 rings (SSSR count). The van der Waals surface area contributed by atoms with Crippen LogP contribution in [-0.2, 0) is 23.2 Å². The first-order valence-electron chi connectivity index (χ1n) is 13.3. The third-order valence-electron chi connectivity index (χ3n) is 7.35. The van der Waals surface area contributed by atoms with E-state index in [0.29, 0.717) is 17.2 Å². The topological polar surface area (TPSA) is 142 Å². The number of aromatic nitrogens is 5. The number of amides is 2. The first-order chi connectivity index (χ1) is 18.5. The Balaban J connectivity index is 1.33. The van der Waals surface area contributed by atoms with E-state index in [1.165, 1.54) is 4.90 Å². The van der Waals surface area contributed by atoms with Gasteiger partial charge in [-0.3, -0.25) is 14.3 Å². The fraction of sp³-hybridized carbons (Fsp3) is 0.500. The number of likely N-dealkylation sites (tertiary alicyclic amines) is 1. The molecule has 0 unspecified atom stereocenters. The van der Waals surface area contributed by atoms with Gasteiger partial charge < -0.3 is 15.3 Å². The van der Waals surface area contributed by atoms with Crippen molar-refractivity contribution in [1.82, 2.24) is 35.0 Å². The quantitative estimate of drug-likeness (QED) is 0.477. The fourth-order valence-corrected chi connectivity index (χ4v) is 5.24. The van der Waals surface area contributed by atoms with Crippen molar-refractivity contribution in [3.05, 3.63) is 53.5 Å². The molecule has 2 aliphatic rings. The van der Waals surface area contributed by atoms with Gasteiger partial charge in [-0.05, 0) is 30.4 Å². The summed E-state index contributed by atoms with van der Waals surface area (Å²) in [6.07, 6.45) is 5.21. The number of carbonyl (C=O) groups is 2. The molecule has 11 heteroatoms. The Hall–Kier alpha value is -4.04. The summed E-state index contributed by atoms with van der Waals surface area (Å²) in [7, 11) is 1.80. The van der Waals surface area contributed by atoms with Gasteiger partial charge in [-0.15, -0.1) is 5.10 Å². The monoisotopic (exact) mass is 530 g/mol. The number of hydrogen-bond donors (Lipinski definition) is 2. The van der Waals surface area contributed by atoms with Gasteiger partial charge >= 0.3 is 0 Å². The number of benzene rings is 1. The molecule has 2 N–H and O–H groups in total. The third kappa shape index (κ3) is 5.56. The van der Waals surface area contributed by atoms with Gasteiger partial charge in [-0.2, -0.15) is 10.4 Å². The van der Waals surface area contributed by atoms with Gasteiger partial charge in [-0.25, -0.2) is 4.68 Å². The number of aryl methyl sites for hydroxylation is 1. The molecule has 11 nitrogen and oxygen atoms in total. The number of carbonyl (C=O) groups excluding carboxylic acids is 2. The van der Waals surface area contributed by atoms with Crippen LogP contribution in [0.25, 0.3) is 11.3 Å². The zero-order valence-electron chi connectivity index (χ0n) is 22.7. The molecule has 39 heavy (non-hydrogen) atoms. The van der Waals surface area contributed by atoms with E-state index in [-0.39, 0.29) is 31.3 Å². The van der Waals surface area contributed by atoms with E-state index in [4.69, 9.17) is 5.26 Å². The molecule has 1 aromatic carbocycles. The van der Waals surface area contributed by atoms with Gasteiger partial charge in [0.25, 0.3) is 0 Å². The Morgan fingerprint density at radius 1 is 1.21 bits per heavy atom. The Morgan fingerprint density at radius 2 is 1.92 bits per heavy atom. The second-order valence-electron chi connectivity index (χ2n) is 11.6. The lowest BCUT2D eigenvalue weighted by molar-refractivity contribution is -0.144. The third-order valence-corrected chi connectivity index (χ3v) is 7.35. The van der Waals surface area contributed by atoms with E-state index in [9.17, 15) is 14.7 Å². The lowest BCUT2D eigenvalue weighted by Gasteiger charge is -2.34. The molecule has 0 radical (unpaired) electrons. The predicted octanol–water partition coefficient (Wildman–Crippen LogP) is 2.29. The van der Waals surface area contributed by atoms with E-state index >= 15 is 0 Å². The summed E-state index contributed by atoms with van der Waals surface area (Å²) >= 11 is 0. The molecule has 1 aliphatic carbocycles. The molecular formula is C28H34N8O3. The summed E-state index contributed by atoms with van der Waals surface area (Å²) in [6, 6.07) is 7.73. The van der Waals surface area contributed by atoms with Gasteiger partial charge in [0, 0.05) is 56.0 Å². The van der Waals surface area contributed by atoms with Crippen LogP contribution >= 0.6 is 0 Å². The molecule has 1 saturated heterocycles. The molecule has 2 aromatic heterocycles. The van der Waals surface area contributed by atoms with Crippen molar-refractivity contribution in [3.63, 3.8) is 0 Å². The summed E-state index contributed by atoms with van der Waals surface area (Å²) < 4.78 is 3.29. The summed E-state index contributed by atoms with van der Waals surface area (Å²) in [4.78, 5) is 28.8. The normalized spacial score (nSPS) is 20.1. The lowest BCUT2D eigenvalue weighted by Crippen LogP contribution is -2.50. The maximum atomic E-state index is 13.9. The second kappa shape index (κ2) is 10.3. The van der Waals surface area contributed by atoms with Crippen molar-refractivity contribution >= 4 is 11.8 Å². The Kier molecular flexibility index (Phi) is 6.99. The van der Waals surface area contributed by atoms with E-state index in [1.807, 2.05) is 45.3 Å². The van der Waals surface area contributed by atoms with Gasteiger partial charge in [-0.1, -0.05) is 38.1 Å². The molecule has 2 amide bonds. The first-order valence-corrected chi connectivity index (χ1v) is 13.3. The number of rotatable bonds is 7. The number of aliphatic hydroxyl groups is 1. The van der Waals surface area contributed by atoms with Gasteiger partial charge in [0.15, 0.2) is 0 Å². The van der Waals surface area contributed by atoms with Crippen LogP contribution in [0.3, 0.4) is 0 Å². The number of aliphatic hydroxyl groups excluding tert-OH is 1. The average molecular weight is 531 g/mol. The minimum Gasteiger partial charge on any atom is -0.391 e. The number of hydrogen-bond acceptors (Lipinski definition) is 7. The first kappa shape index (κ1) is 26.6. The highest BCUT2D eigenvalue weighted by atomic mass is 16.3. The Bertz CT molecular complexity index is 1410. The van der Waals surface area contributed by atoms with Gasteiger partial charge in [0.1, 0.15) is 12.1 Å². The van der Waals surface area contributed by atoms with E-state index in [0.717, 1.165) is 29.7 Å². The minimum atomic E-state index is -0.807. The molecule has 3 aromatic rings. The fourth-order valence-electron chi connectivity index (χ4n) is 5.24. The largest absolute Gasteiger partial charge is 0.391 e. The molecule has 2 fully saturated rings. The Morgan fingerprint density at radius 3 is 2.56 bits per heavy atom. The van der Waals surface area contributed by atoms with Crippen LogP contribution in [0.1, 0.15) is 68.8 Å². The predicted molar refractivity (Wildman–Crippen MR) is 142 cm³/mol. The molecule has 3 atom stereocenters. The smallest absolute Gasteiger partial charge is 0.248 e. The number of nitrogens with one attached hydrogen (secondary N) is 1. The van der Waals surface area contributed by atoms with Crippen LogP contribution in [-0.4, -0.2) is 65.3 Å². The van der Waals surface area contributed by atoms with Crippen LogP contribution in [0.15, 0.2) is 36.7 Å². The van der Waals surface area contributed by atoms with Crippen molar-refractivity contribution in [1.29, 1.82) is 5.26 Å². The molecule has 3 heterocycles. The van der Waals surface area contributed by atoms with Crippen LogP contribution in [0.5, 0.6) is 0 Å². The highest BCUT2D eigenvalue weighted by Crippen LogP contribution is 2.40. The van der Waals surface area contributed by atoms with Crippen LogP contribution in [0, 0.1) is 16.7 Å². The summed E-state index contributed by atoms with van der Waals surface area (Å²) in [5.41, 5.74) is 3.28. The molecule has 1 saturated carbocycles. The highest BCUT2D eigenvalue weighted by Gasteiger charge is 2.45. The van der Waals surface area contributed by atoms with Crippen molar-refractivity contribution in [2.24, 2.45) is 12.5 Å². The standard InChI is InChI=1S/C28H34N8O3/c1-28(2,3)25(36-16-22(31-33-36)18-9-10-18)27(39)35-15-21(37)11-23(35)26(38)30-13-20-14-34(4)32-24(20)19-7-5-17(12-29)6-8-19/h5-8,14,16,18,21,23,25,37H,9-11,13,15H2,1-4H3,(H,30,38)/t21-,23+,25-/m1/s1. The maximum Gasteiger partial charge on any atom is 0.248 e. The van der Waals surface area contributed by atoms with Crippen LogP contribution in [0.2, 0.25) is 0 Å². The van der Waals surface area contributed by atoms with Crippen molar-refractivity contribution < 1.29 is 14.7 Å². The molecule has 0 bridgehead atoms. The van der Waals surface area contributed by atoms with Gasteiger partial charge in [0.05, 0.1) is 29.1 Å². The summed E-state index contributed by atoms with van der Waals surface area (Å²) in [5.74, 6) is -0.186. The highest BCUT2D eigenvalue weighted by molar-refractivity contribution is 5.90. The van der Waals surface area contributed by atoms with E-state index in [1.54, 1.807) is 28.5 Å². The number of β-amino-alcohol motifs (C(OH)–C–C–N with tert-alkyl or cyclic N) is 1. The zero-order chi connectivity index (χ0) is 27.9. The van der Waals surface area contributed by atoms with Gasteiger partial charge in [0.2, 0.25) is 11.8 Å². The van der Waals surface area contributed by atoms with E-state index in [2.05, 4.69) is 26.8 Å². The molecule has 0 spiro atoms. The van der Waals surface area contributed by atoms with Crippen LogP contribution < -0.4 is 5.32 Å². The van der Waals surface area contributed by atoms with Crippen molar-refractivity contribution in [2.45, 2.75) is 70.7 Å². The average Bonchev–Trinajstić information content (AvgIpc) is 3.31. The zero-order valence-corrected chi connectivity index (χ0v) is 22.7. The molecular weight excluding hydrogens is 496 g/mol. The van der Waals surface area contributed by atoms with E-state index < -0.39 is 23.6 Å². The second-order valence-corrected chi connectivity index (χ2v) is 11.6.